The van der Waals surface area contributed by atoms with Crippen LogP contribution in [0.4, 0.5) is 5.69 Å². The van der Waals surface area contributed by atoms with Crippen LogP contribution in [0, 0.1) is 13.8 Å². The molecule has 1 heterocycles. The monoisotopic (exact) mass is 256 g/mol. The minimum atomic E-state index is -0.364. The number of anilines is 1. The Hall–Kier alpha value is -1.50. The predicted octanol–water partition coefficient (Wildman–Crippen LogP) is 0.574. The number of primary amides is 1. The maximum absolute atomic E-state index is 11.6. The Morgan fingerprint density at radius 1 is 1.47 bits per heavy atom. The van der Waals surface area contributed by atoms with Crippen molar-refractivity contribution in [3.05, 3.63) is 11.4 Å². The fourth-order valence-electron chi connectivity index (χ4n) is 1.27. The van der Waals surface area contributed by atoms with E-state index in [0.717, 1.165) is 17.1 Å². The first-order valence-electron chi connectivity index (χ1n) is 5.18. The number of carbonyl (C=O) groups is 2. The Labute approximate surface area is 104 Å². The number of hydrogen-bond acceptors (Lipinski definition) is 4. The fourth-order valence-corrected chi connectivity index (χ4v) is 1.95. The van der Waals surface area contributed by atoms with Gasteiger partial charge in [-0.05, 0) is 13.8 Å². The number of aryl methyl sites for hydroxylation is 2. The van der Waals surface area contributed by atoms with Crippen LogP contribution in [0.5, 0.6) is 0 Å². The second-order valence-electron chi connectivity index (χ2n) is 3.63. The molecular formula is C10H16N4O2S. The molecule has 0 bridgehead atoms. The average Bonchev–Trinajstić information content (AvgIpc) is 2.56. The molecule has 1 aromatic heterocycles. The van der Waals surface area contributed by atoms with Gasteiger partial charge in [-0.3, -0.25) is 14.7 Å². The molecule has 0 spiro atoms. The Morgan fingerprint density at radius 2 is 2.18 bits per heavy atom. The Bertz CT molecular complexity index is 397. The van der Waals surface area contributed by atoms with Gasteiger partial charge in [-0.1, -0.05) is 0 Å². The number of amides is 2. The van der Waals surface area contributed by atoms with Crippen LogP contribution in [0.2, 0.25) is 0 Å². The summed E-state index contributed by atoms with van der Waals surface area (Å²) in [6, 6.07) is 0. The lowest BCUT2D eigenvalue weighted by molar-refractivity contribution is -0.116. The molecule has 1 aromatic rings. The standard InChI is InChI=1S/C10H16N4O2S/c1-6-10(7(2)14-13-6)12-9(16)3-4-17-5-8(11)15/h3-5H2,1-2H3,(H2,11,15)(H,12,16)(H,13,14). The number of carbonyl (C=O) groups excluding carboxylic acids is 2. The highest BCUT2D eigenvalue weighted by molar-refractivity contribution is 7.99. The van der Waals surface area contributed by atoms with Gasteiger partial charge < -0.3 is 11.1 Å². The quantitative estimate of drug-likeness (QED) is 0.648. The molecule has 0 radical (unpaired) electrons. The zero-order valence-corrected chi connectivity index (χ0v) is 10.7. The third-order valence-electron chi connectivity index (χ3n) is 2.11. The van der Waals surface area contributed by atoms with Crippen molar-refractivity contribution < 1.29 is 9.59 Å². The van der Waals surface area contributed by atoms with Crippen LogP contribution in [0.1, 0.15) is 17.8 Å². The number of rotatable bonds is 6. The summed E-state index contributed by atoms with van der Waals surface area (Å²) in [6.45, 7) is 3.67. The topological polar surface area (TPSA) is 101 Å². The van der Waals surface area contributed by atoms with Gasteiger partial charge in [0, 0.05) is 12.2 Å². The molecule has 0 atom stereocenters. The lowest BCUT2D eigenvalue weighted by atomic mass is 10.3. The van der Waals surface area contributed by atoms with Crippen LogP contribution in [0.3, 0.4) is 0 Å². The SMILES string of the molecule is Cc1n[nH]c(C)c1NC(=O)CCSCC(N)=O. The highest BCUT2D eigenvalue weighted by Crippen LogP contribution is 2.16. The lowest BCUT2D eigenvalue weighted by Crippen LogP contribution is -2.16. The van der Waals surface area contributed by atoms with Gasteiger partial charge in [-0.15, -0.1) is 0 Å². The molecule has 0 saturated heterocycles. The molecule has 0 aromatic carbocycles. The molecule has 94 valence electrons. The molecule has 7 heteroatoms. The molecule has 2 amide bonds. The first-order valence-corrected chi connectivity index (χ1v) is 6.33. The van der Waals surface area contributed by atoms with Crippen molar-refractivity contribution in [3.8, 4) is 0 Å². The zero-order chi connectivity index (χ0) is 12.8. The van der Waals surface area contributed by atoms with Crippen molar-refractivity contribution in [2.24, 2.45) is 5.73 Å². The van der Waals surface area contributed by atoms with Gasteiger partial charge in [0.15, 0.2) is 0 Å². The van der Waals surface area contributed by atoms with Crippen LogP contribution in [0.25, 0.3) is 0 Å². The maximum atomic E-state index is 11.6. The van der Waals surface area contributed by atoms with Crippen LogP contribution in [0.15, 0.2) is 0 Å². The van der Waals surface area contributed by atoms with Crippen molar-refractivity contribution in [3.63, 3.8) is 0 Å². The molecular weight excluding hydrogens is 240 g/mol. The highest BCUT2D eigenvalue weighted by atomic mass is 32.2. The summed E-state index contributed by atoms with van der Waals surface area (Å²) in [5, 5.41) is 9.56. The predicted molar refractivity (Wildman–Crippen MR) is 67.8 cm³/mol. The van der Waals surface area contributed by atoms with E-state index in [1.165, 1.54) is 11.8 Å². The number of nitrogens with zero attached hydrogens (tertiary/aromatic N) is 1. The van der Waals surface area contributed by atoms with E-state index in [2.05, 4.69) is 15.5 Å². The summed E-state index contributed by atoms with van der Waals surface area (Å²) in [7, 11) is 0. The van der Waals surface area contributed by atoms with Crippen LogP contribution in [-0.2, 0) is 9.59 Å². The van der Waals surface area contributed by atoms with Crippen molar-refractivity contribution in [1.82, 2.24) is 10.2 Å². The minimum absolute atomic E-state index is 0.0884. The van der Waals surface area contributed by atoms with E-state index < -0.39 is 0 Å². The number of H-pyrrole nitrogens is 1. The summed E-state index contributed by atoms with van der Waals surface area (Å²) in [6.07, 6.45) is 0.349. The molecule has 6 nitrogen and oxygen atoms in total. The summed E-state index contributed by atoms with van der Waals surface area (Å²) >= 11 is 1.35. The third-order valence-corrected chi connectivity index (χ3v) is 3.09. The maximum Gasteiger partial charge on any atom is 0.227 e. The Morgan fingerprint density at radius 3 is 2.71 bits per heavy atom. The first kappa shape index (κ1) is 13.6. The van der Waals surface area contributed by atoms with Crippen molar-refractivity contribution >= 4 is 29.3 Å². The van der Waals surface area contributed by atoms with Gasteiger partial charge in [-0.2, -0.15) is 16.9 Å². The van der Waals surface area contributed by atoms with Gasteiger partial charge >= 0.3 is 0 Å². The van der Waals surface area contributed by atoms with Crippen molar-refractivity contribution in [1.29, 1.82) is 0 Å². The van der Waals surface area contributed by atoms with Gasteiger partial charge in [-0.25, -0.2) is 0 Å². The Balaban J connectivity index is 2.33. The molecule has 0 aliphatic carbocycles. The average molecular weight is 256 g/mol. The number of aromatic amines is 1. The second kappa shape index (κ2) is 6.29. The van der Waals surface area contributed by atoms with Gasteiger partial charge in [0.2, 0.25) is 11.8 Å². The molecule has 4 N–H and O–H groups in total. The molecule has 0 unspecified atom stereocenters. The number of aromatic nitrogens is 2. The number of thioether (sulfide) groups is 1. The molecule has 0 aliphatic heterocycles. The Kier molecular flexibility index (Phi) is 5.02. The number of nitrogens with two attached hydrogens (primary N) is 1. The summed E-state index contributed by atoms with van der Waals surface area (Å²) in [4.78, 5) is 22.1. The number of nitrogens with one attached hydrogen (secondary N) is 2. The summed E-state index contributed by atoms with van der Waals surface area (Å²) < 4.78 is 0. The lowest BCUT2D eigenvalue weighted by Gasteiger charge is -2.04. The van der Waals surface area contributed by atoms with E-state index in [9.17, 15) is 9.59 Å². The zero-order valence-electron chi connectivity index (χ0n) is 9.87. The number of hydrogen-bond donors (Lipinski definition) is 3. The van der Waals surface area contributed by atoms with E-state index in [-0.39, 0.29) is 17.6 Å². The third kappa shape index (κ3) is 4.48. The van der Waals surface area contributed by atoms with E-state index in [4.69, 9.17) is 5.73 Å². The largest absolute Gasteiger partial charge is 0.369 e. The smallest absolute Gasteiger partial charge is 0.227 e. The van der Waals surface area contributed by atoms with Crippen molar-refractivity contribution in [2.75, 3.05) is 16.8 Å². The second-order valence-corrected chi connectivity index (χ2v) is 4.73. The molecule has 1 rings (SSSR count). The minimum Gasteiger partial charge on any atom is -0.369 e. The normalized spacial score (nSPS) is 10.2. The van der Waals surface area contributed by atoms with Gasteiger partial charge in [0.05, 0.1) is 22.8 Å². The summed E-state index contributed by atoms with van der Waals surface area (Å²) in [5.74, 6) is 0.369. The van der Waals surface area contributed by atoms with E-state index in [0.29, 0.717) is 12.2 Å². The van der Waals surface area contributed by atoms with Gasteiger partial charge in [0.25, 0.3) is 0 Å². The van der Waals surface area contributed by atoms with E-state index in [1.54, 1.807) is 0 Å². The van der Waals surface area contributed by atoms with E-state index in [1.807, 2.05) is 13.8 Å². The van der Waals surface area contributed by atoms with Gasteiger partial charge in [0.1, 0.15) is 0 Å². The molecule has 0 saturated carbocycles. The fraction of sp³-hybridized carbons (Fsp3) is 0.500. The highest BCUT2D eigenvalue weighted by Gasteiger charge is 2.09. The summed E-state index contributed by atoms with van der Waals surface area (Å²) in [5.41, 5.74) is 7.32. The van der Waals surface area contributed by atoms with Crippen LogP contribution in [-0.4, -0.2) is 33.5 Å². The van der Waals surface area contributed by atoms with E-state index >= 15 is 0 Å². The van der Waals surface area contributed by atoms with Crippen molar-refractivity contribution in [2.45, 2.75) is 20.3 Å². The molecule has 17 heavy (non-hydrogen) atoms. The van der Waals surface area contributed by atoms with Crippen LogP contribution < -0.4 is 11.1 Å². The molecule has 0 aliphatic rings. The molecule has 0 fully saturated rings. The first-order chi connectivity index (χ1) is 8.00. The van der Waals surface area contributed by atoms with Crippen LogP contribution >= 0.6 is 11.8 Å².